The highest BCUT2D eigenvalue weighted by molar-refractivity contribution is 6.42. The standard InChI is InChI=1S/C23H21Cl2NO4/c1-27-21-4-2-3-17(23(21)28-13-16-5-7-18(24)19(25)9-16)12-26-11-15-6-8-20-22(10-15)30-14-29-20/h2-10,26H,11-14H2,1H3. The molecular weight excluding hydrogens is 425 g/mol. The molecule has 0 bridgehead atoms. The first-order chi connectivity index (χ1) is 14.6. The van der Waals surface area contributed by atoms with Crippen LogP contribution >= 0.6 is 23.2 Å². The minimum atomic E-state index is 0.273. The number of para-hydroxylation sites is 1. The minimum absolute atomic E-state index is 0.273. The fraction of sp³-hybridized carbons (Fsp3) is 0.217. The van der Waals surface area contributed by atoms with E-state index in [-0.39, 0.29) is 6.79 Å². The van der Waals surface area contributed by atoms with Crippen molar-refractivity contribution in [3.05, 3.63) is 81.3 Å². The number of rotatable bonds is 8. The van der Waals surface area contributed by atoms with Gasteiger partial charge in [-0.25, -0.2) is 0 Å². The zero-order chi connectivity index (χ0) is 20.9. The summed E-state index contributed by atoms with van der Waals surface area (Å²) >= 11 is 12.1. The molecule has 0 saturated carbocycles. The van der Waals surface area contributed by atoms with Gasteiger partial charge in [-0.3, -0.25) is 0 Å². The molecule has 0 amide bonds. The van der Waals surface area contributed by atoms with Crippen LogP contribution in [0.1, 0.15) is 16.7 Å². The summed E-state index contributed by atoms with van der Waals surface area (Å²) in [5.74, 6) is 2.94. The van der Waals surface area contributed by atoms with Crippen LogP contribution in [-0.4, -0.2) is 13.9 Å². The van der Waals surface area contributed by atoms with Crippen molar-refractivity contribution in [2.75, 3.05) is 13.9 Å². The Hall–Kier alpha value is -2.60. The predicted octanol–water partition coefficient (Wildman–Crippen LogP) is 5.60. The van der Waals surface area contributed by atoms with Crippen molar-refractivity contribution in [1.29, 1.82) is 0 Å². The zero-order valence-electron chi connectivity index (χ0n) is 16.4. The number of fused-ring (bicyclic) bond motifs is 1. The summed E-state index contributed by atoms with van der Waals surface area (Å²) in [6.07, 6.45) is 0. The lowest BCUT2D eigenvalue weighted by Crippen LogP contribution is -2.14. The van der Waals surface area contributed by atoms with Gasteiger partial charge in [-0.1, -0.05) is 47.5 Å². The van der Waals surface area contributed by atoms with Gasteiger partial charge in [0.2, 0.25) is 6.79 Å². The van der Waals surface area contributed by atoms with Gasteiger partial charge >= 0.3 is 0 Å². The topological polar surface area (TPSA) is 49.0 Å². The van der Waals surface area contributed by atoms with Crippen LogP contribution < -0.4 is 24.3 Å². The summed E-state index contributed by atoms with van der Waals surface area (Å²) in [6.45, 7) is 1.92. The van der Waals surface area contributed by atoms with Gasteiger partial charge in [0, 0.05) is 18.7 Å². The lowest BCUT2D eigenvalue weighted by molar-refractivity contribution is 0.174. The molecule has 7 heteroatoms. The van der Waals surface area contributed by atoms with E-state index in [2.05, 4.69) is 5.32 Å². The Labute approximate surface area is 185 Å². The number of nitrogens with one attached hydrogen (secondary N) is 1. The molecule has 0 saturated heterocycles. The van der Waals surface area contributed by atoms with Gasteiger partial charge in [-0.15, -0.1) is 0 Å². The summed E-state index contributed by atoms with van der Waals surface area (Å²) in [6, 6.07) is 17.2. The fourth-order valence-electron chi connectivity index (χ4n) is 3.20. The van der Waals surface area contributed by atoms with Gasteiger partial charge in [0.25, 0.3) is 0 Å². The molecule has 3 aromatic rings. The van der Waals surface area contributed by atoms with Crippen LogP contribution in [-0.2, 0) is 19.7 Å². The van der Waals surface area contributed by atoms with Gasteiger partial charge < -0.3 is 24.3 Å². The van der Waals surface area contributed by atoms with Gasteiger partial charge in [0.15, 0.2) is 23.0 Å². The van der Waals surface area contributed by atoms with Crippen molar-refractivity contribution < 1.29 is 18.9 Å². The molecular formula is C23H21Cl2NO4. The van der Waals surface area contributed by atoms with Crippen molar-refractivity contribution in [3.8, 4) is 23.0 Å². The van der Waals surface area contributed by atoms with E-state index in [1.807, 2.05) is 42.5 Å². The molecule has 156 valence electrons. The second kappa shape index (κ2) is 9.47. The van der Waals surface area contributed by atoms with Crippen LogP contribution in [0.5, 0.6) is 23.0 Å². The molecule has 30 heavy (non-hydrogen) atoms. The third-order valence-corrected chi connectivity index (χ3v) is 5.47. The summed E-state index contributed by atoms with van der Waals surface area (Å²) in [5, 5.41) is 4.47. The SMILES string of the molecule is COc1cccc(CNCc2ccc3c(c2)OCO3)c1OCc1ccc(Cl)c(Cl)c1. The average molecular weight is 446 g/mol. The number of ether oxygens (including phenoxy) is 4. The Morgan fingerprint density at radius 2 is 1.73 bits per heavy atom. The molecule has 1 heterocycles. The largest absolute Gasteiger partial charge is 0.493 e. The number of benzene rings is 3. The quantitative estimate of drug-likeness (QED) is 0.488. The fourth-order valence-corrected chi connectivity index (χ4v) is 3.52. The number of methoxy groups -OCH3 is 1. The van der Waals surface area contributed by atoms with E-state index in [9.17, 15) is 0 Å². The summed E-state index contributed by atoms with van der Waals surface area (Å²) < 4.78 is 22.4. The lowest BCUT2D eigenvalue weighted by Gasteiger charge is -2.16. The van der Waals surface area contributed by atoms with Crippen molar-refractivity contribution in [1.82, 2.24) is 5.32 Å². The molecule has 0 radical (unpaired) electrons. The van der Waals surface area contributed by atoms with Crippen molar-refractivity contribution in [3.63, 3.8) is 0 Å². The van der Waals surface area contributed by atoms with E-state index < -0.39 is 0 Å². The van der Waals surface area contributed by atoms with Gasteiger partial charge in [-0.2, -0.15) is 0 Å². The first kappa shape index (κ1) is 20.7. The summed E-state index contributed by atoms with van der Waals surface area (Å²) in [7, 11) is 1.63. The van der Waals surface area contributed by atoms with Crippen LogP contribution in [0.15, 0.2) is 54.6 Å². The van der Waals surface area contributed by atoms with E-state index in [1.54, 1.807) is 19.2 Å². The molecule has 0 aromatic heterocycles. The lowest BCUT2D eigenvalue weighted by atomic mass is 10.1. The average Bonchev–Trinajstić information content (AvgIpc) is 3.23. The third-order valence-electron chi connectivity index (χ3n) is 4.73. The second-order valence-corrected chi connectivity index (χ2v) is 7.59. The van der Waals surface area contributed by atoms with Gasteiger partial charge in [0.05, 0.1) is 17.2 Å². The Morgan fingerprint density at radius 1 is 0.900 bits per heavy atom. The highest BCUT2D eigenvalue weighted by atomic mass is 35.5. The molecule has 5 nitrogen and oxygen atoms in total. The molecule has 4 rings (SSSR count). The van der Waals surface area contributed by atoms with E-state index in [0.717, 1.165) is 28.2 Å². The smallest absolute Gasteiger partial charge is 0.231 e. The van der Waals surface area contributed by atoms with Crippen molar-refractivity contribution >= 4 is 23.2 Å². The Morgan fingerprint density at radius 3 is 2.57 bits per heavy atom. The molecule has 1 aliphatic rings. The van der Waals surface area contributed by atoms with E-state index in [0.29, 0.717) is 41.2 Å². The molecule has 0 atom stereocenters. The molecule has 0 unspecified atom stereocenters. The Kier molecular flexibility index (Phi) is 6.53. The number of halogens is 2. The van der Waals surface area contributed by atoms with Crippen LogP contribution in [0.4, 0.5) is 0 Å². The van der Waals surface area contributed by atoms with E-state index >= 15 is 0 Å². The molecule has 0 aliphatic carbocycles. The highest BCUT2D eigenvalue weighted by Gasteiger charge is 2.14. The molecule has 1 N–H and O–H groups in total. The summed E-state index contributed by atoms with van der Waals surface area (Å²) in [5.41, 5.74) is 3.03. The van der Waals surface area contributed by atoms with Crippen LogP contribution in [0, 0.1) is 0 Å². The summed E-state index contributed by atoms with van der Waals surface area (Å²) in [4.78, 5) is 0. The van der Waals surface area contributed by atoms with Crippen LogP contribution in [0.3, 0.4) is 0 Å². The van der Waals surface area contributed by atoms with Crippen molar-refractivity contribution in [2.45, 2.75) is 19.7 Å². The number of hydrogen-bond acceptors (Lipinski definition) is 5. The van der Waals surface area contributed by atoms with E-state index in [1.165, 1.54) is 0 Å². The highest BCUT2D eigenvalue weighted by Crippen LogP contribution is 2.34. The maximum Gasteiger partial charge on any atom is 0.231 e. The predicted molar refractivity (Wildman–Crippen MR) is 117 cm³/mol. The third kappa shape index (κ3) is 4.75. The maximum absolute atomic E-state index is 6.11. The van der Waals surface area contributed by atoms with Crippen molar-refractivity contribution in [2.24, 2.45) is 0 Å². The molecule has 0 spiro atoms. The Bertz CT molecular complexity index is 1040. The van der Waals surface area contributed by atoms with Gasteiger partial charge in [0.1, 0.15) is 6.61 Å². The monoisotopic (exact) mass is 445 g/mol. The second-order valence-electron chi connectivity index (χ2n) is 6.78. The maximum atomic E-state index is 6.11. The van der Waals surface area contributed by atoms with Crippen LogP contribution in [0.25, 0.3) is 0 Å². The minimum Gasteiger partial charge on any atom is -0.493 e. The first-order valence-electron chi connectivity index (χ1n) is 9.46. The van der Waals surface area contributed by atoms with Crippen LogP contribution in [0.2, 0.25) is 10.0 Å². The Balaban J connectivity index is 1.43. The molecule has 1 aliphatic heterocycles. The zero-order valence-corrected chi connectivity index (χ0v) is 17.9. The van der Waals surface area contributed by atoms with Gasteiger partial charge in [-0.05, 0) is 41.5 Å². The number of hydrogen-bond donors (Lipinski definition) is 1. The molecule has 3 aromatic carbocycles. The van der Waals surface area contributed by atoms with E-state index in [4.69, 9.17) is 42.1 Å². The molecule has 0 fully saturated rings. The normalized spacial score (nSPS) is 12.1. The first-order valence-corrected chi connectivity index (χ1v) is 10.2.